The smallest absolute Gasteiger partial charge is 0.191 e. The quantitative estimate of drug-likeness (QED) is 0.476. The number of fused-ring (bicyclic) bond motifs is 1. The first-order valence-electron chi connectivity index (χ1n) is 9.33. The van der Waals surface area contributed by atoms with Crippen molar-refractivity contribution in [1.29, 1.82) is 0 Å². The Kier molecular flexibility index (Phi) is 5.50. The Balaban J connectivity index is 1.68. The highest BCUT2D eigenvalue weighted by atomic mass is 28.4. The van der Waals surface area contributed by atoms with E-state index in [-0.39, 0.29) is 11.6 Å². The molecule has 2 N–H and O–H groups in total. The number of imidazole rings is 1. The predicted molar refractivity (Wildman–Crippen MR) is 109 cm³/mol. The van der Waals surface area contributed by atoms with Gasteiger partial charge in [-0.1, -0.05) is 32.1 Å². The summed E-state index contributed by atoms with van der Waals surface area (Å²) in [6.45, 7) is 12.7. The van der Waals surface area contributed by atoms with Crippen LogP contribution in [0.25, 0.3) is 22.6 Å². The molecule has 0 saturated carbocycles. The van der Waals surface area contributed by atoms with Gasteiger partial charge in [-0.3, -0.25) is 0 Å². The van der Waals surface area contributed by atoms with E-state index in [1.807, 2.05) is 22.9 Å². The van der Waals surface area contributed by atoms with E-state index >= 15 is 0 Å². The van der Waals surface area contributed by atoms with Gasteiger partial charge >= 0.3 is 0 Å². The van der Waals surface area contributed by atoms with Gasteiger partial charge in [0, 0.05) is 13.2 Å². The van der Waals surface area contributed by atoms with Crippen molar-refractivity contribution >= 4 is 19.4 Å². The summed E-state index contributed by atoms with van der Waals surface area (Å²) in [6.07, 6.45) is 2.59. The highest BCUT2D eigenvalue weighted by Crippen LogP contribution is 2.36. The van der Waals surface area contributed by atoms with Crippen LogP contribution in [0, 0.1) is 0 Å². The van der Waals surface area contributed by atoms with Crippen LogP contribution in [-0.4, -0.2) is 45.0 Å². The third-order valence-electron chi connectivity index (χ3n) is 5.37. The Morgan fingerprint density at radius 3 is 2.74 bits per heavy atom. The molecule has 0 aliphatic rings. The van der Waals surface area contributed by atoms with Crippen molar-refractivity contribution in [3.05, 3.63) is 30.0 Å². The number of aromatic nitrogens is 5. The van der Waals surface area contributed by atoms with Crippen LogP contribution < -0.4 is 0 Å². The molecule has 0 bridgehead atoms. The van der Waals surface area contributed by atoms with Gasteiger partial charge in [0.1, 0.15) is 5.69 Å². The highest BCUT2D eigenvalue weighted by molar-refractivity contribution is 6.74. The summed E-state index contributed by atoms with van der Waals surface area (Å²) in [5, 5.41) is 17.8. The summed E-state index contributed by atoms with van der Waals surface area (Å²) in [5.41, 5.74) is 3.46. The molecule has 27 heavy (non-hydrogen) atoms. The van der Waals surface area contributed by atoms with E-state index < -0.39 is 8.32 Å². The molecule has 8 heteroatoms. The minimum absolute atomic E-state index is 0.0119. The summed E-state index contributed by atoms with van der Waals surface area (Å²) >= 11 is 0. The number of hydrogen-bond donors (Lipinski definition) is 2. The first-order valence-corrected chi connectivity index (χ1v) is 12.2. The first-order chi connectivity index (χ1) is 12.7. The molecule has 0 aliphatic carbocycles. The number of aryl methyl sites for hydroxylation is 1. The highest BCUT2D eigenvalue weighted by Gasteiger charge is 2.36. The molecule has 146 valence electrons. The summed E-state index contributed by atoms with van der Waals surface area (Å²) in [7, 11) is -1.72. The lowest BCUT2D eigenvalue weighted by atomic mass is 10.2. The molecule has 0 unspecified atom stereocenters. The molecule has 0 fully saturated rings. The number of hydrogen-bond acceptors (Lipinski definition) is 5. The number of nitrogens with one attached hydrogen (secondary N) is 1. The van der Waals surface area contributed by atoms with Crippen molar-refractivity contribution in [3.63, 3.8) is 0 Å². The van der Waals surface area contributed by atoms with E-state index in [1.165, 1.54) is 0 Å². The average Bonchev–Trinajstić information content (AvgIpc) is 3.23. The van der Waals surface area contributed by atoms with Gasteiger partial charge in [-0.05, 0) is 42.2 Å². The maximum atomic E-state index is 9.29. The fourth-order valence-electron chi connectivity index (χ4n) is 2.64. The lowest BCUT2D eigenvalue weighted by Crippen LogP contribution is -2.41. The zero-order chi connectivity index (χ0) is 19.7. The van der Waals surface area contributed by atoms with Crippen LogP contribution in [0.3, 0.4) is 0 Å². The Bertz CT molecular complexity index is 910. The fourth-order valence-corrected chi connectivity index (χ4v) is 3.73. The minimum Gasteiger partial charge on any atom is -0.417 e. The molecule has 2 aromatic heterocycles. The Hall–Kier alpha value is -2.03. The molecule has 7 nitrogen and oxygen atoms in total. The molecular weight excluding hydrogens is 358 g/mol. The second kappa shape index (κ2) is 7.53. The number of H-pyrrole nitrogens is 1. The van der Waals surface area contributed by atoms with Gasteiger partial charge in [0.15, 0.2) is 14.1 Å². The van der Waals surface area contributed by atoms with Crippen LogP contribution in [0.1, 0.15) is 32.8 Å². The van der Waals surface area contributed by atoms with E-state index in [2.05, 4.69) is 54.1 Å². The molecule has 0 radical (unpaired) electrons. The molecule has 0 aliphatic heterocycles. The third-order valence-corrected chi connectivity index (χ3v) is 9.91. The standard InChI is InChI=1S/C19H29N5O2Si/c1-19(2,3)27(4,5)26-10-6-9-24-17(12-20-23-24)18-21-15-8-7-14(13-25)11-16(15)22-18/h7-8,11-12,25H,6,9-10,13H2,1-5H3,(H,21,22). The van der Waals surface area contributed by atoms with Crippen molar-refractivity contribution in [2.24, 2.45) is 0 Å². The number of aromatic amines is 1. The maximum absolute atomic E-state index is 9.29. The van der Waals surface area contributed by atoms with Gasteiger partial charge < -0.3 is 14.5 Å². The molecule has 0 amide bonds. The van der Waals surface area contributed by atoms with Gasteiger partial charge in [-0.2, -0.15) is 0 Å². The number of rotatable bonds is 7. The SMILES string of the molecule is CC(C)(C)[Si](C)(C)OCCCn1nncc1-c1nc2ccc(CO)cc2[nH]1. The van der Waals surface area contributed by atoms with E-state index in [0.717, 1.165) is 47.7 Å². The molecule has 2 heterocycles. The van der Waals surface area contributed by atoms with Crippen LogP contribution >= 0.6 is 0 Å². The van der Waals surface area contributed by atoms with E-state index in [0.29, 0.717) is 0 Å². The van der Waals surface area contributed by atoms with Crippen molar-refractivity contribution in [2.45, 2.75) is 58.5 Å². The number of nitrogens with zero attached hydrogens (tertiary/aromatic N) is 4. The lowest BCUT2D eigenvalue weighted by Gasteiger charge is -2.36. The molecule has 1 aromatic carbocycles. The van der Waals surface area contributed by atoms with Gasteiger partial charge in [0.2, 0.25) is 0 Å². The Morgan fingerprint density at radius 1 is 1.26 bits per heavy atom. The van der Waals surface area contributed by atoms with Crippen molar-refractivity contribution in [3.8, 4) is 11.5 Å². The summed E-state index contributed by atoms with van der Waals surface area (Å²) < 4.78 is 8.10. The molecule has 3 aromatic rings. The van der Waals surface area contributed by atoms with E-state index in [9.17, 15) is 5.11 Å². The lowest BCUT2D eigenvalue weighted by molar-refractivity contribution is 0.272. The van der Waals surface area contributed by atoms with Crippen molar-refractivity contribution < 1.29 is 9.53 Å². The second-order valence-electron chi connectivity index (χ2n) is 8.40. The van der Waals surface area contributed by atoms with Gasteiger partial charge in [-0.25, -0.2) is 9.67 Å². The molecule has 3 rings (SSSR count). The van der Waals surface area contributed by atoms with Crippen LogP contribution in [0.5, 0.6) is 0 Å². The predicted octanol–water partition coefficient (Wildman–Crippen LogP) is 3.73. The van der Waals surface area contributed by atoms with Crippen LogP contribution in [-0.2, 0) is 17.6 Å². The van der Waals surface area contributed by atoms with Gasteiger partial charge in [-0.15, -0.1) is 5.10 Å². The number of aliphatic hydroxyl groups excluding tert-OH is 1. The Labute approximate surface area is 160 Å². The maximum Gasteiger partial charge on any atom is 0.191 e. The van der Waals surface area contributed by atoms with Crippen LogP contribution in [0.4, 0.5) is 0 Å². The zero-order valence-electron chi connectivity index (χ0n) is 16.8. The van der Waals surface area contributed by atoms with Crippen LogP contribution in [0.2, 0.25) is 18.1 Å². The van der Waals surface area contributed by atoms with Gasteiger partial charge in [0.25, 0.3) is 0 Å². The minimum atomic E-state index is -1.72. The molecular formula is C19H29N5O2Si. The van der Waals surface area contributed by atoms with E-state index in [4.69, 9.17) is 4.43 Å². The molecule has 0 spiro atoms. The normalized spacial score (nSPS) is 12.8. The monoisotopic (exact) mass is 387 g/mol. The van der Waals surface area contributed by atoms with E-state index in [1.54, 1.807) is 6.20 Å². The van der Waals surface area contributed by atoms with Crippen molar-refractivity contribution in [1.82, 2.24) is 25.0 Å². The largest absolute Gasteiger partial charge is 0.417 e. The topological polar surface area (TPSA) is 88.8 Å². The Morgan fingerprint density at radius 2 is 2.04 bits per heavy atom. The first kappa shape index (κ1) is 19.7. The summed E-state index contributed by atoms with van der Waals surface area (Å²) in [6, 6.07) is 5.69. The third kappa shape index (κ3) is 4.28. The fraction of sp³-hybridized carbons (Fsp3) is 0.526. The van der Waals surface area contributed by atoms with Crippen molar-refractivity contribution in [2.75, 3.05) is 6.61 Å². The number of aliphatic hydroxyl groups is 1. The summed E-state index contributed by atoms with van der Waals surface area (Å²) in [4.78, 5) is 7.93. The van der Waals surface area contributed by atoms with Crippen LogP contribution in [0.15, 0.2) is 24.4 Å². The number of benzene rings is 1. The molecule has 0 atom stereocenters. The summed E-state index contributed by atoms with van der Waals surface area (Å²) in [5.74, 6) is 0.732. The average molecular weight is 388 g/mol. The zero-order valence-corrected chi connectivity index (χ0v) is 17.8. The van der Waals surface area contributed by atoms with Gasteiger partial charge in [0.05, 0.1) is 23.8 Å². The molecule has 0 saturated heterocycles. The second-order valence-corrected chi connectivity index (χ2v) is 13.2.